The molecule has 6 heteroatoms. The fourth-order valence-electron chi connectivity index (χ4n) is 3.95. The molecule has 2 amide bonds. The van der Waals surface area contributed by atoms with Crippen LogP contribution in [0, 0.1) is 0 Å². The summed E-state index contributed by atoms with van der Waals surface area (Å²) in [5.74, 6) is -0.479. The lowest BCUT2D eigenvalue weighted by Gasteiger charge is -2.28. The number of esters is 1. The molecule has 1 aliphatic heterocycles. The van der Waals surface area contributed by atoms with Gasteiger partial charge in [0.25, 0.3) is 5.91 Å². The zero-order valence-electron chi connectivity index (χ0n) is 19.4. The number of nitrogens with one attached hydrogen (secondary N) is 1. The van der Waals surface area contributed by atoms with Gasteiger partial charge in [-0.25, -0.2) is 4.79 Å². The van der Waals surface area contributed by atoms with Gasteiger partial charge in [0.1, 0.15) is 0 Å². The monoisotopic (exact) mass is 436 g/mol. The summed E-state index contributed by atoms with van der Waals surface area (Å²) >= 11 is 0. The largest absolute Gasteiger partial charge is 0.462 e. The number of rotatable bonds is 7. The number of nitrogens with zero attached hydrogens (tertiary/aromatic N) is 1. The summed E-state index contributed by atoms with van der Waals surface area (Å²) in [7, 11) is 0. The number of benzene rings is 2. The van der Waals surface area contributed by atoms with Crippen LogP contribution in [0.1, 0.15) is 79.7 Å². The summed E-state index contributed by atoms with van der Waals surface area (Å²) in [5, 5.41) is 2.89. The van der Waals surface area contributed by atoms with Crippen molar-refractivity contribution in [2.45, 2.75) is 58.8 Å². The van der Waals surface area contributed by atoms with Gasteiger partial charge in [-0.1, -0.05) is 27.2 Å². The van der Waals surface area contributed by atoms with Crippen LogP contribution in [-0.4, -0.2) is 30.9 Å². The Morgan fingerprint density at radius 3 is 2.41 bits per heavy atom. The number of hydrogen-bond donors (Lipinski definition) is 1. The minimum absolute atomic E-state index is 0.143. The molecule has 0 aliphatic carbocycles. The number of carbonyl (C=O) groups is 3. The lowest BCUT2D eigenvalue weighted by molar-refractivity contribution is -0.118. The number of carbonyl (C=O) groups excluding carboxylic acids is 3. The third kappa shape index (κ3) is 5.18. The molecule has 2 aromatic carbocycles. The van der Waals surface area contributed by atoms with Crippen LogP contribution in [0.2, 0.25) is 0 Å². The molecule has 0 bridgehead atoms. The van der Waals surface area contributed by atoms with E-state index in [1.807, 2.05) is 17.0 Å². The molecule has 32 heavy (non-hydrogen) atoms. The minimum Gasteiger partial charge on any atom is -0.462 e. The van der Waals surface area contributed by atoms with E-state index < -0.39 is 0 Å². The standard InChI is InChI=1S/C26H32N2O4/c1-5-7-16-28-22-13-10-19(17-21(22)26(3,4)15-14-23(28)29)24(30)27-20-11-8-18(9-12-20)25(31)32-6-2/h8-13,17H,5-7,14-16H2,1-4H3,(H,27,30). The molecule has 0 saturated carbocycles. The van der Waals surface area contributed by atoms with Crippen molar-refractivity contribution in [3.63, 3.8) is 0 Å². The average molecular weight is 437 g/mol. The van der Waals surface area contributed by atoms with Crippen LogP contribution in [-0.2, 0) is 14.9 Å². The van der Waals surface area contributed by atoms with Crippen molar-refractivity contribution in [3.05, 3.63) is 59.2 Å². The van der Waals surface area contributed by atoms with Crippen LogP contribution in [0.15, 0.2) is 42.5 Å². The number of hydrogen-bond acceptors (Lipinski definition) is 4. The molecule has 2 aromatic rings. The van der Waals surface area contributed by atoms with Crippen LogP contribution >= 0.6 is 0 Å². The van der Waals surface area contributed by atoms with E-state index in [-0.39, 0.29) is 23.2 Å². The fourth-order valence-corrected chi connectivity index (χ4v) is 3.95. The van der Waals surface area contributed by atoms with Crippen LogP contribution in [0.25, 0.3) is 0 Å². The van der Waals surface area contributed by atoms with Gasteiger partial charge in [0, 0.05) is 29.9 Å². The number of amides is 2. The third-order valence-electron chi connectivity index (χ3n) is 5.93. The first-order chi connectivity index (χ1) is 15.3. The second kappa shape index (κ2) is 9.98. The zero-order valence-corrected chi connectivity index (χ0v) is 19.4. The molecule has 1 heterocycles. The molecule has 0 unspecified atom stereocenters. The first kappa shape index (κ1) is 23.5. The number of anilines is 2. The zero-order chi connectivity index (χ0) is 23.3. The maximum atomic E-state index is 13.0. The van der Waals surface area contributed by atoms with Gasteiger partial charge < -0.3 is 15.0 Å². The predicted molar refractivity (Wildman–Crippen MR) is 126 cm³/mol. The van der Waals surface area contributed by atoms with E-state index in [4.69, 9.17) is 4.74 Å². The molecule has 1 N–H and O–H groups in total. The van der Waals surface area contributed by atoms with Gasteiger partial charge in [-0.05, 0) is 73.2 Å². The van der Waals surface area contributed by atoms with Gasteiger partial charge in [-0.2, -0.15) is 0 Å². The Labute approximate surface area is 189 Å². The number of unbranched alkanes of at least 4 members (excludes halogenated alkanes) is 1. The van der Waals surface area contributed by atoms with Gasteiger partial charge in [0.2, 0.25) is 5.91 Å². The molecule has 0 fully saturated rings. The van der Waals surface area contributed by atoms with Crippen molar-refractivity contribution >= 4 is 29.2 Å². The Balaban J connectivity index is 1.85. The summed E-state index contributed by atoms with van der Waals surface area (Å²) in [6, 6.07) is 12.2. The molecule has 170 valence electrons. The molecular formula is C26H32N2O4. The number of fused-ring (bicyclic) bond motifs is 1. The van der Waals surface area contributed by atoms with E-state index in [0.29, 0.717) is 36.4 Å². The highest BCUT2D eigenvalue weighted by Crippen LogP contribution is 2.40. The van der Waals surface area contributed by atoms with Gasteiger partial charge in [-0.15, -0.1) is 0 Å². The van der Waals surface area contributed by atoms with Gasteiger partial charge in [0.05, 0.1) is 12.2 Å². The molecule has 6 nitrogen and oxygen atoms in total. The summed E-state index contributed by atoms with van der Waals surface area (Å²) in [6.07, 6.45) is 3.19. The molecule has 1 aliphatic rings. The Morgan fingerprint density at radius 1 is 1.06 bits per heavy atom. The smallest absolute Gasteiger partial charge is 0.338 e. The average Bonchev–Trinajstić information content (AvgIpc) is 2.87. The minimum atomic E-state index is -0.388. The number of ether oxygens (including phenoxy) is 1. The lowest BCUT2D eigenvalue weighted by atomic mass is 9.80. The highest BCUT2D eigenvalue weighted by Gasteiger charge is 2.33. The van der Waals surface area contributed by atoms with Crippen molar-refractivity contribution in [2.75, 3.05) is 23.4 Å². The molecule has 3 rings (SSSR count). The first-order valence-corrected chi connectivity index (χ1v) is 11.3. The van der Waals surface area contributed by atoms with Crippen LogP contribution < -0.4 is 10.2 Å². The quantitative estimate of drug-likeness (QED) is 0.596. The van der Waals surface area contributed by atoms with Gasteiger partial charge >= 0.3 is 5.97 Å². The van der Waals surface area contributed by atoms with Crippen molar-refractivity contribution in [3.8, 4) is 0 Å². The lowest BCUT2D eigenvalue weighted by Crippen LogP contribution is -2.31. The van der Waals surface area contributed by atoms with E-state index in [0.717, 1.165) is 30.5 Å². The summed E-state index contributed by atoms with van der Waals surface area (Å²) < 4.78 is 4.99. The molecule has 0 aromatic heterocycles. The van der Waals surface area contributed by atoms with Crippen molar-refractivity contribution in [1.82, 2.24) is 0 Å². The Bertz CT molecular complexity index is 995. The van der Waals surface area contributed by atoms with E-state index in [9.17, 15) is 14.4 Å². The third-order valence-corrected chi connectivity index (χ3v) is 5.93. The second-order valence-electron chi connectivity index (χ2n) is 8.77. The maximum Gasteiger partial charge on any atom is 0.338 e. The van der Waals surface area contributed by atoms with Crippen LogP contribution in [0.4, 0.5) is 11.4 Å². The highest BCUT2D eigenvalue weighted by atomic mass is 16.5. The van der Waals surface area contributed by atoms with Crippen molar-refractivity contribution in [1.29, 1.82) is 0 Å². The van der Waals surface area contributed by atoms with E-state index in [1.54, 1.807) is 37.3 Å². The summed E-state index contributed by atoms with van der Waals surface area (Å²) in [4.78, 5) is 39.4. The van der Waals surface area contributed by atoms with Crippen LogP contribution in [0.3, 0.4) is 0 Å². The molecule has 0 saturated heterocycles. The van der Waals surface area contributed by atoms with E-state index in [2.05, 4.69) is 26.1 Å². The van der Waals surface area contributed by atoms with Gasteiger partial charge in [-0.3, -0.25) is 9.59 Å². The fraction of sp³-hybridized carbons (Fsp3) is 0.423. The van der Waals surface area contributed by atoms with Crippen molar-refractivity contribution < 1.29 is 19.1 Å². The molecular weight excluding hydrogens is 404 g/mol. The van der Waals surface area contributed by atoms with Crippen LogP contribution in [0.5, 0.6) is 0 Å². The van der Waals surface area contributed by atoms with Gasteiger partial charge in [0.15, 0.2) is 0 Å². The Morgan fingerprint density at radius 2 is 1.75 bits per heavy atom. The first-order valence-electron chi connectivity index (χ1n) is 11.3. The normalized spacial score (nSPS) is 15.0. The topological polar surface area (TPSA) is 75.7 Å². The Hall–Kier alpha value is -3.15. The highest BCUT2D eigenvalue weighted by molar-refractivity contribution is 6.05. The van der Waals surface area contributed by atoms with E-state index >= 15 is 0 Å². The SMILES string of the molecule is CCCCN1C(=O)CCC(C)(C)c2cc(C(=O)Nc3ccc(C(=O)OCC)cc3)ccc21. The maximum absolute atomic E-state index is 13.0. The molecule has 0 spiro atoms. The summed E-state index contributed by atoms with van der Waals surface area (Å²) in [5.41, 5.74) is 3.27. The molecule has 0 atom stereocenters. The molecule has 0 radical (unpaired) electrons. The Kier molecular flexibility index (Phi) is 7.33. The van der Waals surface area contributed by atoms with Crippen molar-refractivity contribution in [2.24, 2.45) is 0 Å². The second-order valence-corrected chi connectivity index (χ2v) is 8.77. The summed E-state index contributed by atoms with van der Waals surface area (Å²) in [6.45, 7) is 9.12. The predicted octanol–water partition coefficient (Wildman–Crippen LogP) is 5.32. The van der Waals surface area contributed by atoms with E-state index in [1.165, 1.54) is 0 Å².